The molecular formula is C23H24N2O4. The van der Waals surface area contributed by atoms with E-state index in [1.807, 2.05) is 37.3 Å². The fourth-order valence-electron chi connectivity index (χ4n) is 3.03. The zero-order chi connectivity index (χ0) is 20.6. The highest BCUT2D eigenvalue weighted by atomic mass is 16.5. The minimum atomic E-state index is -0.906. The molecule has 0 aliphatic carbocycles. The number of ether oxygens (including phenoxy) is 1. The summed E-state index contributed by atoms with van der Waals surface area (Å²) in [6.45, 7) is 1.90. The van der Waals surface area contributed by atoms with E-state index in [0.29, 0.717) is 18.7 Å². The van der Waals surface area contributed by atoms with Crippen LogP contribution in [0.1, 0.15) is 30.3 Å². The number of carboxylic acids is 1. The summed E-state index contributed by atoms with van der Waals surface area (Å²) in [5.41, 5.74) is 1.82. The van der Waals surface area contributed by atoms with E-state index in [-0.39, 0.29) is 12.5 Å². The molecule has 3 rings (SSSR count). The van der Waals surface area contributed by atoms with Crippen LogP contribution in [0.25, 0.3) is 11.5 Å². The Bertz CT molecular complexity index is 981. The van der Waals surface area contributed by atoms with E-state index >= 15 is 0 Å². The first-order valence-electron chi connectivity index (χ1n) is 9.46. The van der Waals surface area contributed by atoms with Gasteiger partial charge in [0.15, 0.2) is 0 Å². The number of rotatable bonds is 8. The molecule has 0 radical (unpaired) electrons. The van der Waals surface area contributed by atoms with Gasteiger partial charge in [0.05, 0.1) is 5.69 Å². The fraction of sp³-hybridized carbons (Fsp3) is 0.304. The minimum Gasteiger partial charge on any atom is -0.480 e. The molecule has 6 nitrogen and oxygen atoms in total. The van der Waals surface area contributed by atoms with Crippen molar-refractivity contribution in [2.75, 3.05) is 7.11 Å². The Labute approximate surface area is 170 Å². The number of nitrogens with zero attached hydrogens (tertiary/aromatic N) is 2. The molecule has 0 aliphatic heterocycles. The Hall–Kier alpha value is -3.30. The summed E-state index contributed by atoms with van der Waals surface area (Å²) in [6.07, 6.45) is 4.68. The van der Waals surface area contributed by atoms with E-state index < -0.39 is 12.0 Å². The quantitative estimate of drug-likeness (QED) is 0.584. The van der Waals surface area contributed by atoms with Gasteiger partial charge in [-0.3, -0.25) is 0 Å². The number of benzene rings is 1. The molecule has 150 valence electrons. The van der Waals surface area contributed by atoms with Crippen LogP contribution in [0.3, 0.4) is 0 Å². The first kappa shape index (κ1) is 20.4. The minimum absolute atomic E-state index is 0.213. The maximum absolute atomic E-state index is 11.5. The van der Waals surface area contributed by atoms with Crippen molar-refractivity contribution in [3.8, 4) is 23.3 Å². The van der Waals surface area contributed by atoms with Gasteiger partial charge in [0, 0.05) is 31.5 Å². The van der Waals surface area contributed by atoms with Gasteiger partial charge in [0.1, 0.15) is 17.9 Å². The Kier molecular flexibility index (Phi) is 6.88. The Morgan fingerprint density at radius 3 is 2.62 bits per heavy atom. The maximum Gasteiger partial charge on any atom is 0.327 e. The van der Waals surface area contributed by atoms with Crippen LogP contribution in [-0.2, 0) is 16.0 Å². The monoisotopic (exact) mass is 392 g/mol. The molecule has 6 heteroatoms. The third-order valence-electron chi connectivity index (χ3n) is 4.67. The average molecular weight is 392 g/mol. The average Bonchev–Trinajstić information content (AvgIpc) is 3.38. The molecule has 0 saturated carbocycles. The van der Waals surface area contributed by atoms with E-state index in [4.69, 9.17) is 9.15 Å². The molecule has 2 atom stereocenters. The third kappa shape index (κ3) is 5.37. The molecular weight excluding hydrogens is 368 g/mol. The molecule has 3 aromatic rings. The second-order valence-corrected chi connectivity index (χ2v) is 6.66. The molecule has 2 unspecified atom stereocenters. The molecule has 0 aliphatic rings. The molecule has 29 heavy (non-hydrogen) atoms. The zero-order valence-electron chi connectivity index (χ0n) is 16.5. The number of methoxy groups -OCH3 is 1. The van der Waals surface area contributed by atoms with Crippen LogP contribution in [0.2, 0.25) is 0 Å². The van der Waals surface area contributed by atoms with E-state index in [1.165, 1.54) is 0 Å². The van der Waals surface area contributed by atoms with Crippen LogP contribution in [0.4, 0.5) is 0 Å². The first-order chi connectivity index (χ1) is 14.1. The number of oxazole rings is 1. The summed E-state index contributed by atoms with van der Waals surface area (Å²) in [4.78, 5) is 16.1. The number of aliphatic carboxylic acids is 1. The number of aromatic nitrogens is 2. The molecule has 0 bridgehead atoms. The second-order valence-electron chi connectivity index (χ2n) is 6.66. The second kappa shape index (κ2) is 9.76. The van der Waals surface area contributed by atoms with Crippen molar-refractivity contribution >= 4 is 5.97 Å². The van der Waals surface area contributed by atoms with Crippen LogP contribution < -0.4 is 0 Å². The van der Waals surface area contributed by atoms with E-state index in [2.05, 4.69) is 16.8 Å². The summed E-state index contributed by atoms with van der Waals surface area (Å²) in [5, 5.41) is 9.41. The van der Waals surface area contributed by atoms with Crippen molar-refractivity contribution in [2.24, 2.45) is 0 Å². The van der Waals surface area contributed by atoms with Gasteiger partial charge < -0.3 is 18.8 Å². The van der Waals surface area contributed by atoms with Gasteiger partial charge in [-0.2, -0.15) is 0 Å². The van der Waals surface area contributed by atoms with E-state index in [0.717, 1.165) is 17.0 Å². The number of aryl methyl sites for hydroxylation is 2. The van der Waals surface area contributed by atoms with Gasteiger partial charge in [-0.05, 0) is 44.0 Å². The van der Waals surface area contributed by atoms with Crippen LogP contribution in [0, 0.1) is 18.8 Å². The normalized spacial score (nSPS) is 12.8. The molecule has 2 aromatic heterocycles. The fourth-order valence-corrected chi connectivity index (χ4v) is 3.03. The topological polar surface area (TPSA) is 77.5 Å². The molecule has 1 aromatic carbocycles. The van der Waals surface area contributed by atoms with Crippen molar-refractivity contribution in [2.45, 2.75) is 38.3 Å². The lowest BCUT2D eigenvalue weighted by Crippen LogP contribution is -2.17. The van der Waals surface area contributed by atoms with E-state index in [1.54, 1.807) is 36.2 Å². The molecule has 0 spiro atoms. The van der Waals surface area contributed by atoms with Gasteiger partial charge in [0.2, 0.25) is 5.89 Å². The standard InChI is InChI=1S/C23H24N2O4/c1-17-20(24-22(29-17)18-9-4-3-5-10-18)14-13-19(28-2)11-8-12-21(23(26)27)25-15-6-7-16-25/h3-7,9-10,15-16,19,21H,12-14H2,1-2H3,(H,26,27). The Morgan fingerprint density at radius 2 is 1.97 bits per heavy atom. The highest BCUT2D eigenvalue weighted by Crippen LogP contribution is 2.22. The van der Waals surface area contributed by atoms with Crippen molar-refractivity contribution < 1.29 is 19.1 Å². The largest absolute Gasteiger partial charge is 0.480 e. The number of hydrogen-bond acceptors (Lipinski definition) is 4. The first-order valence-corrected chi connectivity index (χ1v) is 9.46. The van der Waals surface area contributed by atoms with Gasteiger partial charge in [-0.25, -0.2) is 9.78 Å². The Balaban J connectivity index is 1.61. The summed E-state index contributed by atoms with van der Waals surface area (Å²) in [5.74, 6) is 6.49. The lowest BCUT2D eigenvalue weighted by atomic mass is 10.1. The molecule has 1 N–H and O–H groups in total. The maximum atomic E-state index is 11.5. The van der Waals surface area contributed by atoms with Gasteiger partial charge in [-0.15, -0.1) is 0 Å². The molecule has 0 amide bonds. The highest BCUT2D eigenvalue weighted by Gasteiger charge is 2.17. The van der Waals surface area contributed by atoms with Crippen molar-refractivity contribution in [3.63, 3.8) is 0 Å². The predicted molar refractivity (Wildman–Crippen MR) is 109 cm³/mol. The van der Waals surface area contributed by atoms with Gasteiger partial charge >= 0.3 is 5.97 Å². The number of carbonyl (C=O) groups is 1. The number of carboxylic acid groups (broad SMARTS) is 1. The van der Waals surface area contributed by atoms with Crippen molar-refractivity contribution in [1.29, 1.82) is 0 Å². The van der Waals surface area contributed by atoms with Crippen LogP contribution in [0.15, 0.2) is 59.3 Å². The summed E-state index contributed by atoms with van der Waals surface area (Å²) >= 11 is 0. The van der Waals surface area contributed by atoms with Crippen molar-refractivity contribution in [3.05, 3.63) is 66.3 Å². The van der Waals surface area contributed by atoms with Crippen molar-refractivity contribution in [1.82, 2.24) is 9.55 Å². The van der Waals surface area contributed by atoms with Gasteiger partial charge in [0.25, 0.3) is 0 Å². The summed E-state index contributed by atoms with van der Waals surface area (Å²) < 4.78 is 12.9. The highest BCUT2D eigenvalue weighted by molar-refractivity contribution is 5.72. The van der Waals surface area contributed by atoms with Crippen LogP contribution >= 0.6 is 0 Å². The summed E-state index contributed by atoms with van der Waals surface area (Å²) in [7, 11) is 1.60. The van der Waals surface area contributed by atoms with Crippen LogP contribution in [0.5, 0.6) is 0 Å². The number of hydrogen-bond donors (Lipinski definition) is 1. The Morgan fingerprint density at radius 1 is 1.24 bits per heavy atom. The smallest absolute Gasteiger partial charge is 0.327 e. The SMILES string of the molecule is COC(C#CCC(C(=O)O)n1cccc1)CCc1nc(-c2ccccc2)oc1C. The summed E-state index contributed by atoms with van der Waals surface area (Å²) in [6, 6.07) is 12.7. The molecule has 0 fully saturated rings. The van der Waals surface area contributed by atoms with Crippen LogP contribution in [-0.4, -0.2) is 33.8 Å². The molecule has 0 saturated heterocycles. The lowest BCUT2D eigenvalue weighted by Gasteiger charge is -2.11. The zero-order valence-corrected chi connectivity index (χ0v) is 16.5. The van der Waals surface area contributed by atoms with Gasteiger partial charge in [-0.1, -0.05) is 30.0 Å². The van der Waals surface area contributed by atoms with E-state index in [9.17, 15) is 9.90 Å². The lowest BCUT2D eigenvalue weighted by molar-refractivity contribution is -0.140. The third-order valence-corrected chi connectivity index (χ3v) is 4.67. The molecule has 2 heterocycles. The predicted octanol–water partition coefficient (Wildman–Crippen LogP) is 4.12.